The molecule has 1 aromatic rings. The Hall–Kier alpha value is -3.24. The third-order valence-corrected chi connectivity index (χ3v) is 5.87. The Bertz CT molecular complexity index is 898. The number of carbonyl (C=O) groups excluding carboxylic acids is 4. The van der Waals surface area contributed by atoms with Gasteiger partial charge in [-0.15, -0.1) is 0 Å². The molecule has 3 rings (SSSR count). The molecule has 2 heterocycles. The van der Waals surface area contributed by atoms with Crippen LogP contribution in [0.2, 0.25) is 0 Å². The average Bonchev–Trinajstić information content (AvgIpc) is 3.31. The van der Waals surface area contributed by atoms with E-state index in [2.05, 4.69) is 9.64 Å². The van der Waals surface area contributed by atoms with Gasteiger partial charge in [0.05, 0.1) is 33.5 Å². The van der Waals surface area contributed by atoms with Crippen LogP contribution in [0.5, 0.6) is 0 Å². The van der Waals surface area contributed by atoms with Crippen molar-refractivity contribution in [3.63, 3.8) is 0 Å². The predicted molar refractivity (Wildman–Crippen MR) is 124 cm³/mol. The highest BCUT2D eigenvalue weighted by Crippen LogP contribution is 2.24. The molecule has 1 amide bonds. The van der Waals surface area contributed by atoms with Gasteiger partial charge in [0.15, 0.2) is 0 Å². The Labute approximate surface area is 204 Å². The lowest BCUT2D eigenvalue weighted by atomic mass is 10.1. The van der Waals surface area contributed by atoms with Gasteiger partial charge in [-0.05, 0) is 31.5 Å². The van der Waals surface area contributed by atoms with Crippen molar-refractivity contribution in [3.8, 4) is 0 Å². The molecule has 1 aromatic carbocycles. The maximum atomic E-state index is 13.1. The van der Waals surface area contributed by atoms with Gasteiger partial charge in [0.1, 0.15) is 12.1 Å². The summed E-state index contributed by atoms with van der Waals surface area (Å²) in [4.78, 5) is 52.9. The Balaban J connectivity index is 1.55. The minimum absolute atomic E-state index is 0.0440. The second kappa shape index (κ2) is 13.6. The maximum absolute atomic E-state index is 13.1. The molecule has 0 unspecified atom stereocenters. The average molecular weight is 489 g/mol. The molecule has 0 radical (unpaired) electrons. The van der Waals surface area contributed by atoms with Gasteiger partial charge in [-0.1, -0.05) is 18.2 Å². The summed E-state index contributed by atoms with van der Waals surface area (Å²) in [6, 6.07) is 7.72. The van der Waals surface area contributed by atoms with Crippen molar-refractivity contribution < 1.29 is 38.1 Å². The number of likely N-dealkylation sites (tertiary alicyclic amines) is 1. The van der Waals surface area contributed by atoms with Crippen molar-refractivity contribution in [2.75, 3.05) is 53.1 Å². The minimum Gasteiger partial charge on any atom is -0.466 e. The van der Waals surface area contributed by atoms with Crippen LogP contribution in [-0.2, 0) is 33.3 Å². The summed E-state index contributed by atoms with van der Waals surface area (Å²) in [6.07, 6.45) is 2.90. The molecule has 0 aliphatic carbocycles. The predicted octanol–water partition coefficient (Wildman–Crippen LogP) is 1.20. The first kappa shape index (κ1) is 26.4. The minimum atomic E-state index is -0.871. The second-order valence-corrected chi connectivity index (χ2v) is 8.32. The lowest BCUT2D eigenvalue weighted by molar-refractivity contribution is -0.149. The Kier molecular flexibility index (Phi) is 10.2. The van der Waals surface area contributed by atoms with Gasteiger partial charge in [-0.3, -0.25) is 9.69 Å². The number of unbranched alkanes of at least 4 members (excludes halogenated alkanes) is 1. The summed E-state index contributed by atoms with van der Waals surface area (Å²) >= 11 is 0. The van der Waals surface area contributed by atoms with Crippen LogP contribution in [0.1, 0.15) is 29.6 Å². The molecule has 2 aliphatic rings. The largest absolute Gasteiger partial charge is 0.466 e. The molecule has 0 N–H and O–H groups in total. The lowest BCUT2D eigenvalue weighted by Gasteiger charge is -2.26. The van der Waals surface area contributed by atoms with E-state index < -0.39 is 30.1 Å². The third-order valence-electron chi connectivity index (χ3n) is 5.87. The third kappa shape index (κ3) is 8.18. The molecule has 2 aliphatic heterocycles. The van der Waals surface area contributed by atoms with Crippen LogP contribution < -0.4 is 0 Å². The van der Waals surface area contributed by atoms with E-state index in [1.54, 1.807) is 30.3 Å². The summed E-state index contributed by atoms with van der Waals surface area (Å²) in [6.45, 7) is 4.51. The van der Waals surface area contributed by atoms with Crippen LogP contribution in [0, 0.1) is 0 Å². The molecule has 0 bridgehead atoms. The normalized spacial score (nSPS) is 20.5. The Morgan fingerprint density at radius 3 is 2.46 bits per heavy atom. The maximum Gasteiger partial charge on any atom is 0.331 e. The van der Waals surface area contributed by atoms with Gasteiger partial charge in [-0.2, -0.15) is 0 Å². The summed E-state index contributed by atoms with van der Waals surface area (Å²) in [5.41, 5.74) is 0.424. The molecule has 190 valence electrons. The van der Waals surface area contributed by atoms with Crippen molar-refractivity contribution in [2.45, 2.75) is 31.4 Å². The van der Waals surface area contributed by atoms with Crippen LogP contribution >= 0.6 is 0 Å². The van der Waals surface area contributed by atoms with Crippen LogP contribution in [0.4, 0.5) is 0 Å². The fraction of sp³-hybridized carbons (Fsp3) is 0.520. The SMILES string of the molecule is COC(=O)/C=C/C(=O)O[C@@H]1C[C@@H](C(=O)OCCCCN2CCOCC2)N(C(=O)c2ccccc2)C1. The van der Waals surface area contributed by atoms with Crippen LogP contribution in [-0.4, -0.2) is 98.9 Å². The lowest BCUT2D eigenvalue weighted by Crippen LogP contribution is -2.41. The number of amides is 1. The zero-order valence-corrected chi connectivity index (χ0v) is 19.9. The molecule has 0 saturated carbocycles. The molecule has 0 spiro atoms. The van der Waals surface area contributed by atoms with Crippen molar-refractivity contribution in [3.05, 3.63) is 48.0 Å². The zero-order valence-electron chi connectivity index (χ0n) is 19.9. The summed E-state index contributed by atoms with van der Waals surface area (Å²) < 4.78 is 20.6. The fourth-order valence-electron chi connectivity index (χ4n) is 4.02. The Morgan fingerprint density at radius 2 is 1.74 bits per heavy atom. The molecular weight excluding hydrogens is 456 g/mol. The first-order valence-corrected chi connectivity index (χ1v) is 11.8. The topological polar surface area (TPSA) is 112 Å². The van der Waals surface area contributed by atoms with E-state index in [1.807, 2.05) is 0 Å². The smallest absolute Gasteiger partial charge is 0.331 e. The fourth-order valence-corrected chi connectivity index (χ4v) is 4.02. The number of morpholine rings is 1. The highest BCUT2D eigenvalue weighted by atomic mass is 16.6. The van der Waals surface area contributed by atoms with Crippen molar-refractivity contribution in [2.24, 2.45) is 0 Å². The molecule has 2 atom stereocenters. The number of benzene rings is 1. The van der Waals surface area contributed by atoms with E-state index in [-0.39, 0.29) is 25.5 Å². The number of hydrogen-bond donors (Lipinski definition) is 0. The molecule has 10 nitrogen and oxygen atoms in total. The van der Waals surface area contributed by atoms with E-state index >= 15 is 0 Å². The van der Waals surface area contributed by atoms with Gasteiger partial charge < -0.3 is 23.8 Å². The van der Waals surface area contributed by atoms with Crippen molar-refractivity contribution in [1.82, 2.24) is 9.80 Å². The highest BCUT2D eigenvalue weighted by Gasteiger charge is 2.42. The first-order chi connectivity index (χ1) is 17.0. The van der Waals surface area contributed by atoms with E-state index in [0.717, 1.165) is 51.4 Å². The quantitative estimate of drug-likeness (QED) is 0.208. The van der Waals surface area contributed by atoms with Crippen LogP contribution in [0.3, 0.4) is 0 Å². The van der Waals surface area contributed by atoms with Crippen molar-refractivity contribution >= 4 is 23.8 Å². The van der Waals surface area contributed by atoms with Gasteiger partial charge in [-0.25, -0.2) is 14.4 Å². The number of hydrogen-bond acceptors (Lipinski definition) is 9. The molecule has 35 heavy (non-hydrogen) atoms. The first-order valence-electron chi connectivity index (χ1n) is 11.8. The molecule has 10 heteroatoms. The number of carbonyl (C=O) groups is 4. The number of ether oxygens (including phenoxy) is 4. The van der Waals surface area contributed by atoms with Gasteiger partial charge in [0.2, 0.25) is 0 Å². The highest BCUT2D eigenvalue weighted by molar-refractivity contribution is 5.97. The number of rotatable bonds is 10. The second-order valence-electron chi connectivity index (χ2n) is 8.32. The standard InChI is InChI=1S/C25H32N2O8/c1-32-22(28)9-10-23(29)35-20-17-21(27(18-20)24(30)19-7-3-2-4-8-19)25(31)34-14-6-5-11-26-12-15-33-16-13-26/h2-4,7-10,20-21H,5-6,11-18H2,1H3/b10-9+/t20-,21+/m1/s1. The molecule has 2 saturated heterocycles. The summed E-state index contributed by atoms with van der Waals surface area (Å²) in [5, 5.41) is 0. The summed E-state index contributed by atoms with van der Waals surface area (Å²) in [7, 11) is 1.20. The van der Waals surface area contributed by atoms with Gasteiger partial charge >= 0.3 is 17.9 Å². The Morgan fingerprint density at radius 1 is 1.03 bits per heavy atom. The molecule has 0 aromatic heterocycles. The van der Waals surface area contributed by atoms with Gasteiger partial charge in [0.25, 0.3) is 5.91 Å². The number of methoxy groups -OCH3 is 1. The molecular formula is C25H32N2O8. The van der Waals surface area contributed by atoms with Crippen LogP contribution in [0.15, 0.2) is 42.5 Å². The van der Waals surface area contributed by atoms with Crippen LogP contribution in [0.25, 0.3) is 0 Å². The van der Waals surface area contributed by atoms with E-state index in [0.29, 0.717) is 12.0 Å². The molecule has 2 fully saturated rings. The number of esters is 3. The van der Waals surface area contributed by atoms with E-state index in [1.165, 1.54) is 12.0 Å². The van der Waals surface area contributed by atoms with E-state index in [4.69, 9.17) is 14.2 Å². The van der Waals surface area contributed by atoms with Crippen molar-refractivity contribution in [1.29, 1.82) is 0 Å². The van der Waals surface area contributed by atoms with E-state index in [9.17, 15) is 19.2 Å². The van der Waals surface area contributed by atoms with Gasteiger partial charge in [0, 0.05) is 37.2 Å². The monoisotopic (exact) mass is 488 g/mol. The summed E-state index contributed by atoms with van der Waals surface area (Å²) in [5.74, 6) is -2.32. The zero-order chi connectivity index (χ0) is 25.0. The number of nitrogens with zero attached hydrogens (tertiary/aromatic N) is 2.